The molecule has 8 atom stereocenters. The maximum absolute atomic E-state index is 10.5. The van der Waals surface area contributed by atoms with Crippen LogP contribution in [0.1, 0.15) is 27.7 Å². The second-order valence-electron chi connectivity index (χ2n) is 8.68. The van der Waals surface area contributed by atoms with E-state index in [1.165, 1.54) is 0 Å². The average Bonchev–Trinajstić information content (AvgIpc) is 2.55. The fraction of sp³-hybridized carbons (Fsp3) is 1.00. The van der Waals surface area contributed by atoms with Crippen molar-refractivity contribution in [1.82, 2.24) is 5.32 Å². The minimum absolute atomic E-state index is 0.0130. The zero-order valence-electron chi connectivity index (χ0n) is 16.7. The summed E-state index contributed by atoms with van der Waals surface area (Å²) >= 11 is 0. The third kappa shape index (κ3) is 4.98. The number of likely N-dealkylation sites (N-methyl/N-ethyl adjacent to an activating group) is 1. The predicted molar refractivity (Wildman–Crippen MR) is 95.9 cm³/mol. The molecule has 160 valence electrons. The van der Waals surface area contributed by atoms with Crippen molar-refractivity contribution in [2.45, 2.75) is 75.7 Å². The molecule has 0 bridgehead atoms. The maximum Gasteiger partial charge on any atom is 0.186 e. The van der Waals surface area contributed by atoms with E-state index in [-0.39, 0.29) is 13.2 Å². The van der Waals surface area contributed by atoms with Crippen LogP contribution in [0.4, 0.5) is 0 Å². The second-order valence-corrected chi connectivity index (χ2v) is 8.68. The first kappa shape index (κ1) is 22.9. The van der Waals surface area contributed by atoms with E-state index in [1.54, 1.807) is 34.7 Å². The Morgan fingerprint density at radius 1 is 0.889 bits per heavy atom. The normalized spacial score (nSPS) is 41.6. The van der Waals surface area contributed by atoms with Crippen LogP contribution in [0.5, 0.6) is 0 Å². The Balaban J connectivity index is 2.04. The topological polar surface area (TPSA) is 141 Å². The van der Waals surface area contributed by atoms with Gasteiger partial charge in [0.05, 0.1) is 42.7 Å². The van der Waals surface area contributed by atoms with E-state index in [1.807, 2.05) is 0 Å². The van der Waals surface area contributed by atoms with Gasteiger partial charge in [0.15, 0.2) is 6.29 Å². The molecule has 0 saturated carbocycles. The van der Waals surface area contributed by atoms with Gasteiger partial charge in [0.25, 0.3) is 0 Å². The smallest absolute Gasteiger partial charge is 0.186 e. The van der Waals surface area contributed by atoms with E-state index in [0.29, 0.717) is 6.54 Å². The largest absolute Gasteiger partial charge is 0.390 e. The first-order chi connectivity index (χ1) is 12.4. The molecule has 2 saturated heterocycles. The van der Waals surface area contributed by atoms with E-state index in [0.717, 1.165) is 0 Å². The monoisotopic (exact) mass is 393 g/mol. The maximum atomic E-state index is 10.5. The summed E-state index contributed by atoms with van der Waals surface area (Å²) in [7, 11) is 1.73. The van der Waals surface area contributed by atoms with Crippen LogP contribution < -0.4 is 5.32 Å². The Morgan fingerprint density at radius 2 is 1.44 bits per heavy atom. The summed E-state index contributed by atoms with van der Waals surface area (Å²) in [5.41, 5.74) is -2.24. The SMILES string of the molecule is CNCC1OCC(C(C)(C)OC2OCC(C(C)(C)O)C(O)C2O)C(O)C1O. The lowest BCUT2D eigenvalue weighted by Gasteiger charge is -2.48. The Bertz CT molecular complexity index is 482. The number of nitrogens with one attached hydrogen (secondary N) is 1. The zero-order valence-corrected chi connectivity index (χ0v) is 16.7. The number of aliphatic hydroxyl groups is 5. The molecule has 2 fully saturated rings. The molecular formula is C18H35NO8. The predicted octanol–water partition coefficient (Wildman–Crippen LogP) is -1.80. The van der Waals surface area contributed by atoms with Gasteiger partial charge in [-0.3, -0.25) is 0 Å². The summed E-state index contributed by atoms with van der Waals surface area (Å²) in [4.78, 5) is 0. The van der Waals surface area contributed by atoms with E-state index >= 15 is 0 Å². The molecule has 0 aromatic carbocycles. The Morgan fingerprint density at radius 3 is 2.00 bits per heavy atom. The third-order valence-electron chi connectivity index (χ3n) is 5.74. The minimum Gasteiger partial charge on any atom is -0.390 e. The molecule has 27 heavy (non-hydrogen) atoms. The molecule has 2 aliphatic heterocycles. The van der Waals surface area contributed by atoms with Crippen LogP contribution >= 0.6 is 0 Å². The summed E-state index contributed by atoms with van der Waals surface area (Å²) < 4.78 is 17.1. The first-order valence-electron chi connectivity index (χ1n) is 9.40. The van der Waals surface area contributed by atoms with Gasteiger partial charge in [-0.05, 0) is 34.7 Å². The van der Waals surface area contributed by atoms with Gasteiger partial charge in [-0.15, -0.1) is 0 Å². The number of hydrogen-bond acceptors (Lipinski definition) is 9. The molecule has 9 heteroatoms. The molecule has 0 aromatic rings. The van der Waals surface area contributed by atoms with Crippen molar-refractivity contribution >= 4 is 0 Å². The quantitative estimate of drug-likeness (QED) is 0.308. The highest BCUT2D eigenvalue weighted by molar-refractivity contribution is 4.97. The average molecular weight is 393 g/mol. The molecule has 0 spiro atoms. The van der Waals surface area contributed by atoms with Crippen molar-refractivity contribution in [2.75, 3.05) is 26.8 Å². The van der Waals surface area contributed by atoms with Crippen molar-refractivity contribution in [3.05, 3.63) is 0 Å². The first-order valence-corrected chi connectivity index (χ1v) is 9.40. The molecule has 0 aliphatic carbocycles. The zero-order chi connectivity index (χ0) is 20.6. The standard InChI is InChI=1S/C18H35NO8/c1-17(2,24)9-7-26-16(15(23)12(9)20)27-18(3,4)10-8-25-11(6-19-5)14(22)13(10)21/h9-16,19-24H,6-8H2,1-5H3. The molecule has 9 nitrogen and oxygen atoms in total. The molecule has 2 rings (SSSR count). The van der Waals surface area contributed by atoms with E-state index < -0.39 is 59.8 Å². The highest BCUT2D eigenvalue weighted by atomic mass is 16.7. The lowest BCUT2D eigenvalue weighted by atomic mass is 9.80. The van der Waals surface area contributed by atoms with Gasteiger partial charge in [0, 0.05) is 18.4 Å². The minimum atomic E-state index is -1.36. The number of hydrogen-bond donors (Lipinski definition) is 6. The fourth-order valence-corrected chi connectivity index (χ4v) is 3.78. The van der Waals surface area contributed by atoms with Gasteiger partial charge in [0.1, 0.15) is 12.2 Å². The highest BCUT2D eigenvalue weighted by Crippen LogP contribution is 2.36. The summed E-state index contributed by atoms with van der Waals surface area (Å²) in [6.07, 6.45) is -6.41. The van der Waals surface area contributed by atoms with Gasteiger partial charge < -0.3 is 45.1 Å². The second kappa shape index (κ2) is 8.56. The lowest BCUT2D eigenvalue weighted by molar-refractivity contribution is -0.319. The highest BCUT2D eigenvalue weighted by Gasteiger charge is 2.50. The molecule has 0 radical (unpaired) electrons. The van der Waals surface area contributed by atoms with Crippen LogP contribution in [0, 0.1) is 11.8 Å². The van der Waals surface area contributed by atoms with Gasteiger partial charge in [0.2, 0.25) is 0 Å². The van der Waals surface area contributed by atoms with Crippen LogP contribution in [0.2, 0.25) is 0 Å². The van der Waals surface area contributed by atoms with Crippen LogP contribution in [0.3, 0.4) is 0 Å². The van der Waals surface area contributed by atoms with E-state index in [9.17, 15) is 25.5 Å². The summed E-state index contributed by atoms with van der Waals surface area (Å²) in [6, 6.07) is 0. The summed E-state index contributed by atoms with van der Waals surface area (Å²) in [5, 5.41) is 54.6. The Kier molecular flexibility index (Phi) is 7.27. The van der Waals surface area contributed by atoms with E-state index in [4.69, 9.17) is 14.2 Å². The molecule has 0 aromatic heterocycles. The van der Waals surface area contributed by atoms with Gasteiger partial charge in [-0.1, -0.05) is 0 Å². The number of ether oxygens (including phenoxy) is 3. The Labute approximate surface area is 160 Å². The van der Waals surface area contributed by atoms with Crippen molar-refractivity contribution < 1.29 is 39.7 Å². The lowest BCUT2D eigenvalue weighted by Crippen LogP contribution is -2.62. The Hall–Kier alpha value is -0.360. The van der Waals surface area contributed by atoms with Gasteiger partial charge in [-0.2, -0.15) is 0 Å². The van der Waals surface area contributed by atoms with E-state index in [2.05, 4.69) is 5.32 Å². The third-order valence-corrected chi connectivity index (χ3v) is 5.74. The van der Waals surface area contributed by atoms with Crippen LogP contribution in [0.15, 0.2) is 0 Å². The van der Waals surface area contributed by atoms with Crippen molar-refractivity contribution in [3.8, 4) is 0 Å². The number of rotatable bonds is 6. The van der Waals surface area contributed by atoms with Crippen LogP contribution in [0.25, 0.3) is 0 Å². The molecule has 2 heterocycles. The molecular weight excluding hydrogens is 358 g/mol. The van der Waals surface area contributed by atoms with Gasteiger partial charge in [-0.25, -0.2) is 0 Å². The van der Waals surface area contributed by atoms with Crippen LogP contribution in [-0.2, 0) is 14.2 Å². The summed E-state index contributed by atoms with van der Waals surface area (Å²) in [5.74, 6) is -1.23. The van der Waals surface area contributed by atoms with Gasteiger partial charge >= 0.3 is 0 Å². The molecule has 2 aliphatic rings. The van der Waals surface area contributed by atoms with Crippen LogP contribution in [-0.4, -0.2) is 100 Å². The summed E-state index contributed by atoms with van der Waals surface area (Å²) in [6.45, 7) is 7.08. The van der Waals surface area contributed by atoms with Crippen molar-refractivity contribution in [2.24, 2.45) is 11.8 Å². The molecule has 0 amide bonds. The van der Waals surface area contributed by atoms with Crippen molar-refractivity contribution in [3.63, 3.8) is 0 Å². The van der Waals surface area contributed by atoms with Crippen molar-refractivity contribution in [1.29, 1.82) is 0 Å². The number of aliphatic hydroxyl groups excluding tert-OH is 4. The molecule has 8 unspecified atom stereocenters. The molecule has 6 N–H and O–H groups in total. The fourth-order valence-electron chi connectivity index (χ4n) is 3.78.